The van der Waals surface area contributed by atoms with Crippen molar-refractivity contribution in [1.82, 2.24) is 10.6 Å². The van der Waals surface area contributed by atoms with Crippen LogP contribution in [0.1, 0.15) is 52.4 Å². The zero-order valence-corrected chi connectivity index (χ0v) is 13.6. The van der Waals surface area contributed by atoms with Crippen LogP contribution in [0.25, 0.3) is 0 Å². The predicted octanol–water partition coefficient (Wildman–Crippen LogP) is 2.35. The smallest absolute Gasteiger partial charge is 0.407 e. The van der Waals surface area contributed by atoms with Gasteiger partial charge in [-0.15, -0.1) is 0 Å². The fourth-order valence-corrected chi connectivity index (χ4v) is 2.68. The van der Waals surface area contributed by atoms with Crippen molar-refractivity contribution in [2.45, 2.75) is 58.4 Å². The summed E-state index contributed by atoms with van der Waals surface area (Å²) in [4.78, 5) is 23.8. The molecule has 2 N–H and O–H groups in total. The second-order valence-electron chi connectivity index (χ2n) is 6.30. The van der Waals surface area contributed by atoms with Crippen LogP contribution in [0.3, 0.4) is 0 Å². The van der Waals surface area contributed by atoms with Gasteiger partial charge in [0.1, 0.15) is 12.6 Å². The second-order valence-corrected chi connectivity index (χ2v) is 6.30. The Morgan fingerprint density at radius 1 is 1.27 bits per heavy atom. The number of nitrogens with one attached hydrogen (secondary N) is 2. The number of amides is 2. The Morgan fingerprint density at radius 2 is 1.95 bits per heavy atom. The number of nitriles is 1. The number of rotatable bonds is 7. The SMILES string of the molecule is CC(C)C[C@H](NC(=O)OCC1CCCCC1)C(=O)NCC#N. The molecule has 0 aromatic heterocycles. The molecule has 6 nitrogen and oxygen atoms in total. The lowest BCUT2D eigenvalue weighted by Gasteiger charge is -2.23. The van der Waals surface area contributed by atoms with Crippen molar-refractivity contribution >= 4 is 12.0 Å². The minimum Gasteiger partial charge on any atom is -0.449 e. The Balaban J connectivity index is 2.40. The van der Waals surface area contributed by atoms with Crippen molar-refractivity contribution < 1.29 is 14.3 Å². The molecule has 0 saturated heterocycles. The number of alkyl carbamates (subject to hydrolysis) is 1. The minimum absolute atomic E-state index is 0.0633. The molecule has 1 atom stereocenters. The van der Waals surface area contributed by atoms with Crippen molar-refractivity contribution in [3.8, 4) is 6.07 Å². The molecular formula is C16H27N3O3. The van der Waals surface area contributed by atoms with Gasteiger partial charge in [-0.3, -0.25) is 4.79 Å². The first-order chi connectivity index (χ1) is 10.5. The summed E-state index contributed by atoms with van der Waals surface area (Å²) in [7, 11) is 0. The maximum Gasteiger partial charge on any atom is 0.407 e. The van der Waals surface area contributed by atoms with Gasteiger partial charge in [-0.25, -0.2) is 4.79 Å². The molecule has 0 aromatic rings. The first-order valence-electron chi connectivity index (χ1n) is 8.11. The molecule has 6 heteroatoms. The molecule has 22 heavy (non-hydrogen) atoms. The van der Waals surface area contributed by atoms with Gasteiger partial charge >= 0.3 is 6.09 Å². The maximum absolute atomic E-state index is 11.9. The van der Waals surface area contributed by atoms with Gasteiger partial charge in [0.25, 0.3) is 0 Å². The van der Waals surface area contributed by atoms with E-state index in [9.17, 15) is 9.59 Å². The monoisotopic (exact) mass is 309 g/mol. The van der Waals surface area contributed by atoms with E-state index < -0.39 is 12.1 Å². The number of ether oxygens (including phenoxy) is 1. The Morgan fingerprint density at radius 3 is 2.55 bits per heavy atom. The normalized spacial score (nSPS) is 16.6. The molecule has 1 aliphatic carbocycles. The summed E-state index contributed by atoms with van der Waals surface area (Å²) in [5.41, 5.74) is 0. The van der Waals surface area contributed by atoms with E-state index in [1.165, 1.54) is 19.3 Å². The van der Waals surface area contributed by atoms with Crippen LogP contribution in [0.4, 0.5) is 4.79 Å². The van der Waals surface area contributed by atoms with Crippen molar-refractivity contribution in [1.29, 1.82) is 5.26 Å². The van der Waals surface area contributed by atoms with Gasteiger partial charge in [0, 0.05) is 0 Å². The molecule has 1 saturated carbocycles. The molecule has 0 bridgehead atoms. The number of hydrogen-bond acceptors (Lipinski definition) is 4. The van der Waals surface area contributed by atoms with E-state index in [-0.39, 0.29) is 18.4 Å². The largest absolute Gasteiger partial charge is 0.449 e. The first-order valence-corrected chi connectivity index (χ1v) is 8.11. The average molecular weight is 309 g/mol. The summed E-state index contributed by atoms with van der Waals surface area (Å²) in [5, 5.41) is 13.6. The summed E-state index contributed by atoms with van der Waals surface area (Å²) in [5.74, 6) is 0.344. The molecule has 2 amide bonds. The van der Waals surface area contributed by atoms with Gasteiger partial charge in [-0.1, -0.05) is 33.1 Å². The molecule has 1 rings (SSSR count). The molecule has 0 heterocycles. The van der Waals surface area contributed by atoms with Gasteiger partial charge in [0.15, 0.2) is 0 Å². The standard InChI is InChI=1S/C16H27N3O3/c1-12(2)10-14(15(20)18-9-8-17)19-16(21)22-11-13-6-4-3-5-7-13/h12-14H,3-7,9-11H2,1-2H3,(H,18,20)(H,19,21)/t14-/m0/s1. The first kappa shape index (κ1) is 18.3. The Bertz CT molecular complexity index is 398. The van der Waals surface area contributed by atoms with Crippen LogP contribution in [0, 0.1) is 23.2 Å². The average Bonchev–Trinajstić information content (AvgIpc) is 2.50. The number of nitrogens with zero attached hydrogens (tertiary/aromatic N) is 1. The third kappa shape index (κ3) is 7.30. The Labute approximate surface area is 132 Å². The van der Waals surface area contributed by atoms with Crippen molar-refractivity contribution in [2.24, 2.45) is 11.8 Å². The van der Waals surface area contributed by atoms with Crippen molar-refractivity contribution in [3.05, 3.63) is 0 Å². The molecule has 0 unspecified atom stereocenters. The Kier molecular flexibility index (Phi) is 8.34. The highest BCUT2D eigenvalue weighted by Gasteiger charge is 2.23. The van der Waals surface area contributed by atoms with Gasteiger partial charge < -0.3 is 15.4 Å². The van der Waals surface area contributed by atoms with E-state index in [0.717, 1.165) is 12.8 Å². The molecule has 124 valence electrons. The van der Waals surface area contributed by atoms with Gasteiger partial charge in [0.2, 0.25) is 5.91 Å². The minimum atomic E-state index is -0.660. The van der Waals surface area contributed by atoms with E-state index in [4.69, 9.17) is 10.00 Å². The van der Waals surface area contributed by atoms with Crippen LogP contribution in [0.5, 0.6) is 0 Å². The zero-order valence-electron chi connectivity index (χ0n) is 13.6. The number of hydrogen-bond donors (Lipinski definition) is 2. The van der Waals surface area contributed by atoms with E-state index >= 15 is 0 Å². The van der Waals surface area contributed by atoms with Crippen LogP contribution >= 0.6 is 0 Å². The van der Waals surface area contributed by atoms with Crippen LogP contribution in [0.2, 0.25) is 0 Å². The molecule has 0 aromatic carbocycles. The lowest BCUT2D eigenvalue weighted by Crippen LogP contribution is -2.47. The maximum atomic E-state index is 11.9. The highest BCUT2D eigenvalue weighted by Crippen LogP contribution is 2.23. The summed E-state index contributed by atoms with van der Waals surface area (Å²) >= 11 is 0. The van der Waals surface area contributed by atoms with Crippen molar-refractivity contribution in [2.75, 3.05) is 13.2 Å². The summed E-state index contributed by atoms with van der Waals surface area (Å²) in [6.07, 6.45) is 5.82. The van der Waals surface area contributed by atoms with E-state index in [2.05, 4.69) is 10.6 Å². The molecule has 0 radical (unpaired) electrons. The number of carbonyl (C=O) groups is 2. The molecule has 1 aliphatic rings. The summed E-state index contributed by atoms with van der Waals surface area (Å²) in [6.45, 7) is 4.30. The summed E-state index contributed by atoms with van der Waals surface area (Å²) in [6, 6.07) is 1.19. The van der Waals surface area contributed by atoms with Crippen LogP contribution in [-0.2, 0) is 9.53 Å². The summed E-state index contributed by atoms with van der Waals surface area (Å²) < 4.78 is 5.25. The zero-order chi connectivity index (χ0) is 16.4. The topological polar surface area (TPSA) is 91.2 Å². The van der Waals surface area contributed by atoms with Crippen LogP contribution < -0.4 is 10.6 Å². The predicted molar refractivity (Wildman–Crippen MR) is 82.9 cm³/mol. The lowest BCUT2D eigenvalue weighted by atomic mass is 9.90. The quantitative estimate of drug-likeness (QED) is 0.706. The second kappa shape index (κ2) is 10.0. The fraction of sp³-hybridized carbons (Fsp3) is 0.812. The lowest BCUT2D eigenvalue weighted by molar-refractivity contribution is -0.123. The van der Waals surface area contributed by atoms with Gasteiger partial charge in [-0.2, -0.15) is 5.26 Å². The van der Waals surface area contributed by atoms with Crippen molar-refractivity contribution in [3.63, 3.8) is 0 Å². The molecule has 1 fully saturated rings. The highest BCUT2D eigenvalue weighted by atomic mass is 16.5. The molecule has 0 spiro atoms. The van der Waals surface area contributed by atoms with E-state index in [1.54, 1.807) is 0 Å². The highest BCUT2D eigenvalue weighted by molar-refractivity contribution is 5.85. The van der Waals surface area contributed by atoms with Gasteiger partial charge in [0.05, 0.1) is 12.7 Å². The third-order valence-electron chi connectivity index (χ3n) is 3.83. The van der Waals surface area contributed by atoms with E-state index in [1.807, 2.05) is 19.9 Å². The number of carbonyl (C=O) groups excluding carboxylic acids is 2. The third-order valence-corrected chi connectivity index (χ3v) is 3.83. The van der Waals surface area contributed by atoms with Crippen LogP contribution in [-0.4, -0.2) is 31.2 Å². The van der Waals surface area contributed by atoms with E-state index in [0.29, 0.717) is 18.9 Å². The van der Waals surface area contributed by atoms with Crippen LogP contribution in [0.15, 0.2) is 0 Å². The Hall–Kier alpha value is -1.77. The molecular weight excluding hydrogens is 282 g/mol. The fourth-order valence-electron chi connectivity index (χ4n) is 2.68. The van der Waals surface area contributed by atoms with Gasteiger partial charge in [-0.05, 0) is 31.1 Å². The molecule has 0 aliphatic heterocycles.